The Labute approximate surface area is 342 Å². The number of hydrogen-bond donors (Lipinski definition) is 0. The summed E-state index contributed by atoms with van der Waals surface area (Å²) < 4.78 is 36.7. The lowest BCUT2D eigenvalue weighted by Gasteiger charge is -2.32. The molecular formula is C44H52B2Cl2O8. The molecule has 4 aromatic carbocycles. The van der Waals surface area contributed by atoms with E-state index in [2.05, 4.69) is 0 Å². The fourth-order valence-electron chi connectivity index (χ4n) is 6.30. The molecule has 0 N–H and O–H groups in total. The Kier molecular flexibility index (Phi) is 13.0. The maximum atomic E-state index is 11.0. The second kappa shape index (κ2) is 16.7. The Balaban J connectivity index is 0.000000214. The first kappa shape index (κ1) is 43.5. The lowest BCUT2D eigenvalue weighted by atomic mass is 9.75. The molecule has 4 aromatic rings. The molecular weight excluding hydrogens is 749 g/mol. The van der Waals surface area contributed by atoms with Crippen LogP contribution in [0.2, 0.25) is 10.0 Å². The van der Waals surface area contributed by atoms with Gasteiger partial charge >= 0.3 is 14.2 Å². The van der Waals surface area contributed by atoms with Gasteiger partial charge in [0.15, 0.2) is 0 Å². The zero-order valence-electron chi connectivity index (χ0n) is 34.5. The van der Waals surface area contributed by atoms with Gasteiger partial charge in [-0.05, 0) is 152 Å². The average Bonchev–Trinajstić information content (AvgIpc) is 3.49. The van der Waals surface area contributed by atoms with Crippen molar-refractivity contribution in [2.45, 2.75) is 119 Å². The predicted molar refractivity (Wildman–Crippen MR) is 226 cm³/mol. The number of carbonyl (C=O) groups excluding carboxylic acids is 2. The van der Waals surface area contributed by atoms with E-state index >= 15 is 0 Å². The van der Waals surface area contributed by atoms with Crippen LogP contribution in [0.3, 0.4) is 0 Å². The molecule has 0 aromatic heterocycles. The third-order valence-electron chi connectivity index (χ3n) is 11.7. The molecule has 0 atom stereocenters. The van der Waals surface area contributed by atoms with Crippen molar-refractivity contribution in [2.24, 2.45) is 0 Å². The molecule has 2 saturated heterocycles. The number of carbonyl (C=O) groups is 2. The summed E-state index contributed by atoms with van der Waals surface area (Å²) >= 11 is 12.6. The van der Waals surface area contributed by atoms with Crippen LogP contribution in [0.15, 0.2) is 60.7 Å². The van der Waals surface area contributed by atoms with E-state index in [9.17, 15) is 9.59 Å². The molecule has 0 unspecified atom stereocenters. The van der Waals surface area contributed by atoms with E-state index in [-0.39, 0.29) is 22.4 Å². The Morgan fingerprint density at radius 1 is 0.571 bits per heavy atom. The molecule has 2 fully saturated rings. The van der Waals surface area contributed by atoms with Crippen LogP contribution in [0.4, 0.5) is 0 Å². The van der Waals surface area contributed by atoms with Crippen LogP contribution in [-0.2, 0) is 31.8 Å². The summed E-state index contributed by atoms with van der Waals surface area (Å²) in [7, 11) is -0.828. The number of aldehydes is 2. The Morgan fingerprint density at radius 3 is 1.43 bits per heavy atom. The molecule has 2 aliphatic rings. The van der Waals surface area contributed by atoms with Gasteiger partial charge in [-0.2, -0.15) is 0 Å². The van der Waals surface area contributed by atoms with Gasteiger partial charge in [0.2, 0.25) is 0 Å². The Hall–Kier alpha value is -3.63. The summed E-state index contributed by atoms with van der Waals surface area (Å²) in [5.74, 6) is 1.12. The topological polar surface area (TPSA) is 89.5 Å². The number of ether oxygens (including phenoxy) is 2. The molecule has 6 rings (SSSR count). The highest BCUT2D eigenvalue weighted by Crippen LogP contribution is 2.38. The van der Waals surface area contributed by atoms with Gasteiger partial charge in [-0.3, -0.25) is 9.59 Å². The molecule has 8 nitrogen and oxygen atoms in total. The van der Waals surface area contributed by atoms with Gasteiger partial charge < -0.3 is 28.1 Å². The summed E-state index contributed by atoms with van der Waals surface area (Å²) in [6, 6.07) is 18.9. The van der Waals surface area contributed by atoms with Gasteiger partial charge in [0.05, 0.1) is 32.4 Å². The number of rotatable bonds is 10. The lowest BCUT2D eigenvalue weighted by molar-refractivity contribution is 0.00578. The van der Waals surface area contributed by atoms with Crippen LogP contribution in [0.1, 0.15) is 109 Å². The van der Waals surface area contributed by atoms with Gasteiger partial charge in [0.1, 0.15) is 37.3 Å². The summed E-state index contributed by atoms with van der Waals surface area (Å²) in [5.41, 5.74) is 7.32. The van der Waals surface area contributed by atoms with Crippen molar-refractivity contribution in [1.82, 2.24) is 0 Å². The molecule has 0 bridgehead atoms. The van der Waals surface area contributed by atoms with Gasteiger partial charge in [-0.25, -0.2) is 0 Å². The number of halogens is 2. The van der Waals surface area contributed by atoms with Crippen molar-refractivity contribution in [2.75, 3.05) is 0 Å². The zero-order chi connectivity index (χ0) is 41.4. The van der Waals surface area contributed by atoms with E-state index in [1.165, 1.54) is 0 Å². The van der Waals surface area contributed by atoms with Crippen molar-refractivity contribution >= 4 is 60.9 Å². The van der Waals surface area contributed by atoms with E-state index in [0.29, 0.717) is 45.9 Å². The lowest BCUT2D eigenvalue weighted by Crippen LogP contribution is -2.41. The predicted octanol–water partition coefficient (Wildman–Crippen LogP) is 9.30. The number of aryl methyl sites for hydroxylation is 1. The summed E-state index contributed by atoms with van der Waals surface area (Å²) in [6.45, 7) is 24.8. The normalized spacial score (nSPS) is 17.6. The summed E-state index contributed by atoms with van der Waals surface area (Å²) in [6.07, 6.45) is 1.59. The second-order valence-electron chi connectivity index (χ2n) is 16.5. The fraction of sp³-hybridized carbons (Fsp3) is 0.409. The fourth-order valence-corrected chi connectivity index (χ4v) is 6.76. The molecule has 2 aliphatic heterocycles. The maximum absolute atomic E-state index is 11.0. The SMILES string of the molecule is Cc1c(COc2ccc(C=O)c(C)c2Cl)cccc1B1OC(C)(C)C(C)(C)O1.Cc1cc(OCc2cccc(B3OC(C)(C)C(C)(C)O3)c2C)c(Cl)cc1C=O. The molecule has 0 saturated carbocycles. The highest BCUT2D eigenvalue weighted by Gasteiger charge is 2.53. The molecule has 0 amide bonds. The first-order chi connectivity index (χ1) is 26.1. The third-order valence-corrected chi connectivity index (χ3v) is 12.5. The highest BCUT2D eigenvalue weighted by molar-refractivity contribution is 6.63. The van der Waals surface area contributed by atoms with Crippen LogP contribution < -0.4 is 20.4 Å². The second-order valence-corrected chi connectivity index (χ2v) is 17.3. The van der Waals surface area contributed by atoms with Crippen molar-refractivity contribution in [3.63, 3.8) is 0 Å². The van der Waals surface area contributed by atoms with E-state index < -0.39 is 14.2 Å². The van der Waals surface area contributed by atoms with Gasteiger partial charge in [0, 0.05) is 11.1 Å². The van der Waals surface area contributed by atoms with Crippen LogP contribution in [0.25, 0.3) is 0 Å². The quantitative estimate of drug-likeness (QED) is 0.116. The van der Waals surface area contributed by atoms with Crippen molar-refractivity contribution < 1.29 is 37.7 Å². The zero-order valence-corrected chi connectivity index (χ0v) is 36.0. The minimum atomic E-state index is -0.414. The third kappa shape index (κ3) is 8.91. The summed E-state index contributed by atoms with van der Waals surface area (Å²) in [5, 5.41) is 0.886. The molecule has 296 valence electrons. The maximum Gasteiger partial charge on any atom is 0.495 e. The van der Waals surface area contributed by atoms with E-state index in [4.69, 9.17) is 51.3 Å². The van der Waals surface area contributed by atoms with Crippen LogP contribution >= 0.6 is 23.2 Å². The molecule has 2 heterocycles. The first-order valence-corrected chi connectivity index (χ1v) is 19.5. The monoisotopic (exact) mass is 800 g/mol. The minimum absolute atomic E-state index is 0.360. The molecule has 0 radical (unpaired) electrons. The molecule has 0 aliphatic carbocycles. The van der Waals surface area contributed by atoms with Crippen molar-refractivity contribution in [1.29, 1.82) is 0 Å². The smallest absolute Gasteiger partial charge is 0.487 e. The molecule has 0 spiro atoms. The van der Waals surface area contributed by atoms with Crippen LogP contribution in [0.5, 0.6) is 11.5 Å². The Morgan fingerprint density at radius 2 is 1.00 bits per heavy atom. The highest BCUT2D eigenvalue weighted by atomic mass is 35.5. The van der Waals surface area contributed by atoms with E-state index in [1.807, 2.05) is 119 Å². The largest absolute Gasteiger partial charge is 0.495 e. The molecule has 56 heavy (non-hydrogen) atoms. The minimum Gasteiger partial charge on any atom is -0.487 e. The molecule has 12 heteroatoms. The van der Waals surface area contributed by atoms with Crippen molar-refractivity contribution in [3.05, 3.63) is 115 Å². The number of hydrogen-bond acceptors (Lipinski definition) is 8. The summed E-state index contributed by atoms with van der Waals surface area (Å²) in [4.78, 5) is 22.1. The van der Waals surface area contributed by atoms with Gasteiger partial charge in [-0.15, -0.1) is 0 Å². The van der Waals surface area contributed by atoms with E-state index in [0.717, 1.165) is 56.9 Å². The van der Waals surface area contributed by atoms with Gasteiger partial charge in [-0.1, -0.05) is 59.6 Å². The average molecular weight is 801 g/mol. The standard InChI is InChI=1S/2C22H26BClO4/c1-14-10-20(19(24)11-17(14)12-25)26-13-16-8-7-9-18(15(16)2)23-27-21(3,4)22(5,6)28-23;1-14-17(13-26-19-11-10-16(12-25)15(2)20(19)24)8-7-9-18(14)23-27-21(3,4)22(5,6)28-23/h2*7-12H,13H2,1-6H3. The van der Waals surface area contributed by atoms with Crippen LogP contribution in [-0.4, -0.2) is 49.2 Å². The van der Waals surface area contributed by atoms with E-state index in [1.54, 1.807) is 24.3 Å². The van der Waals surface area contributed by atoms with Crippen LogP contribution in [0, 0.1) is 27.7 Å². The van der Waals surface area contributed by atoms with Gasteiger partial charge in [0.25, 0.3) is 0 Å². The first-order valence-electron chi connectivity index (χ1n) is 18.8. The Bertz CT molecular complexity index is 1990. The van der Waals surface area contributed by atoms with Crippen molar-refractivity contribution in [3.8, 4) is 11.5 Å². The number of benzene rings is 4.